The molecule has 2 atom stereocenters. The van der Waals surface area contributed by atoms with Crippen LogP contribution in [0.2, 0.25) is 0 Å². The van der Waals surface area contributed by atoms with E-state index >= 15 is 0 Å². The van der Waals surface area contributed by atoms with Gasteiger partial charge in [0.1, 0.15) is 0 Å². The Bertz CT molecular complexity index is 427. The molecule has 0 spiro atoms. The lowest BCUT2D eigenvalue weighted by molar-refractivity contribution is -0.145. The van der Waals surface area contributed by atoms with Gasteiger partial charge >= 0.3 is 5.97 Å². The Balaban J connectivity index is 2.41. The molecule has 0 saturated heterocycles. The van der Waals surface area contributed by atoms with Crippen LogP contribution in [0.3, 0.4) is 0 Å². The van der Waals surface area contributed by atoms with Crippen molar-refractivity contribution in [3.8, 4) is 0 Å². The Hall–Kier alpha value is -1.35. The van der Waals surface area contributed by atoms with Crippen LogP contribution in [0.5, 0.6) is 0 Å². The highest BCUT2D eigenvalue weighted by Crippen LogP contribution is 2.42. The summed E-state index contributed by atoms with van der Waals surface area (Å²) in [5.74, 6) is -0.730. The third-order valence-corrected chi connectivity index (χ3v) is 3.80. The summed E-state index contributed by atoms with van der Waals surface area (Å²) in [6.45, 7) is 1.92. The fraction of sp³-hybridized carbons (Fsp3) is 0.500. The zero-order valence-corrected chi connectivity index (χ0v) is 10.3. The van der Waals surface area contributed by atoms with Crippen molar-refractivity contribution >= 4 is 5.97 Å². The van der Waals surface area contributed by atoms with Gasteiger partial charge in [0.05, 0.1) is 11.5 Å². The molecule has 3 nitrogen and oxygen atoms in total. The number of carboxylic acid groups (broad SMARTS) is 1. The first-order valence-corrected chi connectivity index (χ1v) is 5.95. The average Bonchev–Trinajstić information content (AvgIpc) is 2.70. The molecule has 0 aliphatic heterocycles. The number of aliphatic carboxylic acids is 1. The SMILES string of the molecule is COC(C)CC1(C(=O)O)CCc2ccccc21. The summed E-state index contributed by atoms with van der Waals surface area (Å²) in [6.07, 6.45) is 2.02. The summed E-state index contributed by atoms with van der Waals surface area (Å²) in [6, 6.07) is 7.85. The highest BCUT2D eigenvalue weighted by molar-refractivity contribution is 5.83. The lowest BCUT2D eigenvalue weighted by Crippen LogP contribution is -2.37. The third-order valence-electron chi connectivity index (χ3n) is 3.80. The molecule has 0 heterocycles. The second-order valence-electron chi connectivity index (χ2n) is 4.79. The fourth-order valence-electron chi connectivity index (χ4n) is 2.78. The molecular weight excluding hydrogens is 216 g/mol. The largest absolute Gasteiger partial charge is 0.481 e. The standard InChI is InChI=1S/C14H18O3/c1-10(17-2)9-14(13(15)16)8-7-11-5-3-4-6-12(11)14/h3-6,10H,7-9H2,1-2H3,(H,15,16). The van der Waals surface area contributed by atoms with Gasteiger partial charge in [-0.15, -0.1) is 0 Å². The number of ether oxygens (including phenoxy) is 1. The summed E-state index contributed by atoms with van der Waals surface area (Å²) >= 11 is 0. The molecule has 2 rings (SSSR count). The molecule has 1 aliphatic rings. The van der Waals surface area contributed by atoms with Crippen molar-refractivity contribution in [2.24, 2.45) is 0 Å². The second kappa shape index (κ2) is 4.49. The van der Waals surface area contributed by atoms with Crippen molar-refractivity contribution in [1.82, 2.24) is 0 Å². The van der Waals surface area contributed by atoms with Crippen LogP contribution in [0.1, 0.15) is 30.9 Å². The van der Waals surface area contributed by atoms with E-state index in [0.29, 0.717) is 12.8 Å². The summed E-state index contributed by atoms with van der Waals surface area (Å²) in [4.78, 5) is 11.7. The van der Waals surface area contributed by atoms with Crippen molar-refractivity contribution in [3.05, 3.63) is 35.4 Å². The molecule has 17 heavy (non-hydrogen) atoms. The van der Waals surface area contributed by atoms with Gasteiger partial charge in [-0.25, -0.2) is 0 Å². The monoisotopic (exact) mass is 234 g/mol. The normalized spacial score (nSPS) is 24.4. The van der Waals surface area contributed by atoms with Crippen LogP contribution in [-0.4, -0.2) is 24.3 Å². The van der Waals surface area contributed by atoms with Gasteiger partial charge in [-0.2, -0.15) is 0 Å². The van der Waals surface area contributed by atoms with Crippen molar-refractivity contribution in [3.63, 3.8) is 0 Å². The van der Waals surface area contributed by atoms with Crippen molar-refractivity contribution in [2.45, 2.75) is 37.7 Å². The molecule has 1 aromatic carbocycles. The Morgan fingerprint density at radius 2 is 2.24 bits per heavy atom. The quantitative estimate of drug-likeness (QED) is 0.870. The van der Waals surface area contributed by atoms with Crippen LogP contribution in [-0.2, 0) is 21.4 Å². The molecule has 0 saturated carbocycles. The number of benzene rings is 1. The van der Waals surface area contributed by atoms with Crippen LogP contribution in [0, 0.1) is 0 Å². The Kier molecular flexibility index (Phi) is 3.20. The molecule has 0 radical (unpaired) electrons. The molecule has 92 valence electrons. The molecular formula is C14H18O3. The molecule has 2 unspecified atom stereocenters. The fourth-order valence-corrected chi connectivity index (χ4v) is 2.78. The molecule has 0 fully saturated rings. The van der Waals surface area contributed by atoms with Crippen LogP contribution in [0.4, 0.5) is 0 Å². The molecule has 1 aliphatic carbocycles. The minimum atomic E-state index is -0.758. The van der Waals surface area contributed by atoms with Gasteiger partial charge in [0, 0.05) is 7.11 Å². The number of rotatable bonds is 4. The Morgan fingerprint density at radius 1 is 1.53 bits per heavy atom. The average molecular weight is 234 g/mol. The molecule has 1 aromatic rings. The lowest BCUT2D eigenvalue weighted by Gasteiger charge is -2.28. The van der Waals surface area contributed by atoms with E-state index in [0.717, 1.165) is 12.0 Å². The number of aryl methyl sites for hydroxylation is 1. The Morgan fingerprint density at radius 3 is 2.88 bits per heavy atom. The third kappa shape index (κ3) is 1.95. The number of carbonyl (C=O) groups is 1. The van der Waals surface area contributed by atoms with Crippen LogP contribution >= 0.6 is 0 Å². The van der Waals surface area contributed by atoms with E-state index in [4.69, 9.17) is 4.74 Å². The zero-order valence-electron chi connectivity index (χ0n) is 10.3. The summed E-state index contributed by atoms with van der Waals surface area (Å²) in [5.41, 5.74) is 1.38. The van der Waals surface area contributed by atoms with E-state index in [1.807, 2.05) is 31.2 Å². The van der Waals surface area contributed by atoms with Gasteiger partial charge < -0.3 is 9.84 Å². The molecule has 0 bridgehead atoms. The number of hydrogen-bond donors (Lipinski definition) is 1. The molecule has 3 heteroatoms. The van der Waals surface area contributed by atoms with Gasteiger partial charge in [0.25, 0.3) is 0 Å². The maximum atomic E-state index is 11.7. The number of fused-ring (bicyclic) bond motifs is 1. The first kappa shape index (κ1) is 12.1. The van der Waals surface area contributed by atoms with E-state index in [1.54, 1.807) is 7.11 Å². The maximum Gasteiger partial charge on any atom is 0.314 e. The lowest BCUT2D eigenvalue weighted by atomic mass is 9.77. The summed E-state index contributed by atoms with van der Waals surface area (Å²) in [7, 11) is 1.63. The minimum absolute atomic E-state index is 0.0442. The number of methoxy groups -OCH3 is 1. The molecule has 0 aromatic heterocycles. The van der Waals surface area contributed by atoms with Gasteiger partial charge in [0.2, 0.25) is 0 Å². The Labute approximate surface area is 101 Å². The van der Waals surface area contributed by atoms with E-state index in [1.165, 1.54) is 5.56 Å². The summed E-state index contributed by atoms with van der Waals surface area (Å²) in [5, 5.41) is 9.60. The first-order valence-electron chi connectivity index (χ1n) is 5.95. The van der Waals surface area contributed by atoms with E-state index < -0.39 is 11.4 Å². The highest BCUT2D eigenvalue weighted by atomic mass is 16.5. The van der Waals surface area contributed by atoms with Crippen molar-refractivity contribution < 1.29 is 14.6 Å². The van der Waals surface area contributed by atoms with Crippen LogP contribution in [0.25, 0.3) is 0 Å². The van der Waals surface area contributed by atoms with Crippen LogP contribution < -0.4 is 0 Å². The first-order chi connectivity index (χ1) is 8.10. The molecule has 1 N–H and O–H groups in total. The molecule has 0 amide bonds. The predicted octanol–water partition coefficient (Wildman–Crippen LogP) is 2.38. The predicted molar refractivity (Wildman–Crippen MR) is 65.2 cm³/mol. The van der Waals surface area contributed by atoms with Gasteiger partial charge in [0.15, 0.2) is 0 Å². The minimum Gasteiger partial charge on any atom is -0.481 e. The van der Waals surface area contributed by atoms with Gasteiger partial charge in [-0.05, 0) is 37.3 Å². The van der Waals surface area contributed by atoms with Crippen molar-refractivity contribution in [2.75, 3.05) is 7.11 Å². The van der Waals surface area contributed by atoms with Crippen molar-refractivity contribution in [1.29, 1.82) is 0 Å². The maximum absolute atomic E-state index is 11.7. The smallest absolute Gasteiger partial charge is 0.314 e. The van der Waals surface area contributed by atoms with E-state index in [9.17, 15) is 9.90 Å². The number of hydrogen-bond acceptors (Lipinski definition) is 2. The summed E-state index contributed by atoms with van der Waals surface area (Å²) < 4.78 is 5.24. The van der Waals surface area contributed by atoms with Gasteiger partial charge in [-0.3, -0.25) is 4.79 Å². The van der Waals surface area contributed by atoms with Gasteiger partial charge in [-0.1, -0.05) is 24.3 Å². The topological polar surface area (TPSA) is 46.5 Å². The number of carboxylic acids is 1. The zero-order chi connectivity index (χ0) is 12.5. The van der Waals surface area contributed by atoms with E-state index in [-0.39, 0.29) is 6.10 Å². The van der Waals surface area contributed by atoms with E-state index in [2.05, 4.69) is 0 Å². The van der Waals surface area contributed by atoms with Crippen LogP contribution in [0.15, 0.2) is 24.3 Å². The highest BCUT2D eigenvalue weighted by Gasteiger charge is 2.46. The second-order valence-corrected chi connectivity index (χ2v) is 4.79.